The first-order chi connectivity index (χ1) is 5.40. The van der Waals surface area contributed by atoms with Crippen LogP contribution in [0.25, 0.3) is 0 Å². The van der Waals surface area contributed by atoms with Crippen molar-refractivity contribution >= 4 is 0 Å². The fourth-order valence-corrected chi connectivity index (χ4v) is 2.08. The molecule has 1 atom stereocenters. The third-order valence-corrected chi connectivity index (χ3v) is 2.75. The van der Waals surface area contributed by atoms with Gasteiger partial charge >= 0.3 is 0 Å². The molecule has 3 aliphatic heterocycles. The summed E-state index contributed by atoms with van der Waals surface area (Å²) in [5.41, 5.74) is 0. The molecule has 3 rings (SSSR count). The third-order valence-electron chi connectivity index (χ3n) is 2.75. The summed E-state index contributed by atoms with van der Waals surface area (Å²) in [6, 6.07) is 0.669. The molecule has 0 radical (unpaired) electrons. The average Bonchev–Trinajstić information content (AvgIpc) is 2.07. The Labute approximate surface area is 67.9 Å². The lowest BCUT2D eigenvalue weighted by Gasteiger charge is -2.47. The van der Waals surface area contributed by atoms with E-state index in [9.17, 15) is 0 Å². The van der Waals surface area contributed by atoms with Gasteiger partial charge in [0, 0.05) is 45.9 Å². The molecule has 3 fully saturated rings. The van der Waals surface area contributed by atoms with Gasteiger partial charge in [-0.25, -0.2) is 0 Å². The summed E-state index contributed by atoms with van der Waals surface area (Å²) in [6.45, 7) is 7.13. The number of ether oxygens (including phenoxy) is 1. The highest BCUT2D eigenvalue weighted by molar-refractivity contribution is 4.87. The molecule has 3 saturated heterocycles. The standard InChI is InChI=1S/C8H16N2O/c1-11-7-8-6-9-2-4-10(8)5-3-9/h8H,2-7H2,1H3. The third kappa shape index (κ3) is 1.41. The van der Waals surface area contributed by atoms with Crippen LogP contribution in [0.2, 0.25) is 0 Å². The molecule has 0 amide bonds. The first kappa shape index (κ1) is 7.53. The Balaban J connectivity index is 1.92. The van der Waals surface area contributed by atoms with E-state index in [0.29, 0.717) is 6.04 Å². The maximum atomic E-state index is 5.17. The van der Waals surface area contributed by atoms with E-state index in [1.165, 1.54) is 32.7 Å². The lowest BCUT2D eigenvalue weighted by atomic mass is 10.1. The number of hydrogen-bond donors (Lipinski definition) is 0. The number of rotatable bonds is 2. The zero-order valence-electron chi connectivity index (χ0n) is 7.12. The van der Waals surface area contributed by atoms with Crippen LogP contribution in [0.5, 0.6) is 0 Å². The molecule has 64 valence electrons. The molecule has 3 aliphatic rings. The van der Waals surface area contributed by atoms with Crippen LogP contribution in [0.1, 0.15) is 0 Å². The summed E-state index contributed by atoms with van der Waals surface area (Å²) in [6.07, 6.45) is 0. The highest BCUT2D eigenvalue weighted by atomic mass is 16.5. The van der Waals surface area contributed by atoms with Crippen LogP contribution >= 0.6 is 0 Å². The maximum Gasteiger partial charge on any atom is 0.0630 e. The van der Waals surface area contributed by atoms with Crippen molar-refractivity contribution in [2.45, 2.75) is 6.04 Å². The van der Waals surface area contributed by atoms with E-state index < -0.39 is 0 Å². The van der Waals surface area contributed by atoms with Crippen molar-refractivity contribution in [3.05, 3.63) is 0 Å². The summed E-state index contributed by atoms with van der Waals surface area (Å²) in [5, 5.41) is 0. The number of hydrogen-bond acceptors (Lipinski definition) is 3. The fraction of sp³-hybridized carbons (Fsp3) is 1.00. The van der Waals surface area contributed by atoms with E-state index in [2.05, 4.69) is 9.80 Å². The quantitative estimate of drug-likeness (QED) is 0.542. The normalized spacial score (nSPS) is 42.8. The van der Waals surface area contributed by atoms with E-state index in [4.69, 9.17) is 4.74 Å². The summed E-state index contributed by atoms with van der Waals surface area (Å²) in [7, 11) is 1.79. The van der Waals surface area contributed by atoms with Crippen LogP contribution in [0.3, 0.4) is 0 Å². The molecular weight excluding hydrogens is 140 g/mol. The van der Waals surface area contributed by atoms with E-state index in [1.54, 1.807) is 7.11 Å². The number of fused-ring (bicyclic) bond motifs is 3. The second-order valence-corrected chi connectivity index (χ2v) is 3.45. The molecule has 0 saturated carbocycles. The molecule has 0 aromatic rings. The van der Waals surface area contributed by atoms with Crippen LogP contribution < -0.4 is 0 Å². The molecule has 0 N–H and O–H groups in total. The largest absolute Gasteiger partial charge is 0.383 e. The summed E-state index contributed by atoms with van der Waals surface area (Å²) in [5.74, 6) is 0. The molecule has 0 aromatic carbocycles. The van der Waals surface area contributed by atoms with E-state index in [1.807, 2.05) is 0 Å². The summed E-state index contributed by atoms with van der Waals surface area (Å²) >= 11 is 0. The highest BCUT2D eigenvalue weighted by Crippen LogP contribution is 2.15. The summed E-state index contributed by atoms with van der Waals surface area (Å²) < 4.78 is 5.17. The van der Waals surface area contributed by atoms with Gasteiger partial charge in [0.05, 0.1) is 6.61 Å². The first-order valence-corrected chi connectivity index (χ1v) is 4.35. The lowest BCUT2D eigenvalue weighted by Crippen LogP contribution is -2.62. The minimum atomic E-state index is 0.669. The minimum absolute atomic E-state index is 0.669. The number of nitrogens with zero attached hydrogens (tertiary/aromatic N) is 2. The Morgan fingerprint density at radius 2 is 2.00 bits per heavy atom. The Morgan fingerprint density at radius 1 is 1.27 bits per heavy atom. The average molecular weight is 156 g/mol. The second kappa shape index (κ2) is 3.09. The Bertz CT molecular complexity index is 132. The Morgan fingerprint density at radius 3 is 2.45 bits per heavy atom. The van der Waals surface area contributed by atoms with Crippen molar-refractivity contribution < 1.29 is 4.74 Å². The van der Waals surface area contributed by atoms with Gasteiger partial charge in [-0.1, -0.05) is 0 Å². The van der Waals surface area contributed by atoms with Gasteiger partial charge < -0.3 is 4.74 Å². The van der Waals surface area contributed by atoms with Gasteiger partial charge in [0.1, 0.15) is 0 Å². The molecule has 2 bridgehead atoms. The lowest BCUT2D eigenvalue weighted by molar-refractivity contribution is -0.0197. The van der Waals surface area contributed by atoms with E-state index in [-0.39, 0.29) is 0 Å². The van der Waals surface area contributed by atoms with Crippen molar-refractivity contribution in [3.63, 3.8) is 0 Å². The number of methoxy groups -OCH3 is 1. The molecule has 11 heavy (non-hydrogen) atoms. The second-order valence-electron chi connectivity index (χ2n) is 3.45. The SMILES string of the molecule is COCC1CN2CCN1CC2. The molecule has 1 unspecified atom stereocenters. The Kier molecular flexibility index (Phi) is 2.11. The molecule has 0 spiro atoms. The van der Waals surface area contributed by atoms with Gasteiger partial charge in [-0.05, 0) is 0 Å². The first-order valence-electron chi connectivity index (χ1n) is 4.35. The maximum absolute atomic E-state index is 5.17. The van der Waals surface area contributed by atoms with E-state index in [0.717, 1.165) is 6.61 Å². The van der Waals surface area contributed by atoms with Gasteiger partial charge in [0.15, 0.2) is 0 Å². The van der Waals surface area contributed by atoms with Gasteiger partial charge in [0.2, 0.25) is 0 Å². The van der Waals surface area contributed by atoms with Crippen LogP contribution in [-0.4, -0.2) is 62.3 Å². The van der Waals surface area contributed by atoms with Crippen molar-refractivity contribution in [2.75, 3.05) is 46.4 Å². The predicted octanol–water partition coefficient (Wildman–Crippen LogP) is -0.367. The molecule has 3 heteroatoms. The van der Waals surface area contributed by atoms with Gasteiger partial charge in [-0.15, -0.1) is 0 Å². The molecule has 0 aromatic heterocycles. The fourth-order valence-electron chi connectivity index (χ4n) is 2.08. The summed E-state index contributed by atoms with van der Waals surface area (Å²) in [4.78, 5) is 5.08. The predicted molar refractivity (Wildman–Crippen MR) is 43.7 cm³/mol. The monoisotopic (exact) mass is 156 g/mol. The molecular formula is C8H16N2O. The van der Waals surface area contributed by atoms with Crippen molar-refractivity contribution in [1.29, 1.82) is 0 Å². The topological polar surface area (TPSA) is 15.7 Å². The van der Waals surface area contributed by atoms with Crippen molar-refractivity contribution in [3.8, 4) is 0 Å². The van der Waals surface area contributed by atoms with Crippen LogP contribution in [0.15, 0.2) is 0 Å². The molecule has 0 aliphatic carbocycles. The number of piperazine rings is 3. The van der Waals surface area contributed by atoms with Gasteiger partial charge in [-0.3, -0.25) is 9.80 Å². The van der Waals surface area contributed by atoms with Crippen LogP contribution in [-0.2, 0) is 4.74 Å². The minimum Gasteiger partial charge on any atom is -0.383 e. The zero-order chi connectivity index (χ0) is 7.68. The van der Waals surface area contributed by atoms with Crippen molar-refractivity contribution in [1.82, 2.24) is 9.80 Å². The Hall–Kier alpha value is -0.120. The van der Waals surface area contributed by atoms with Gasteiger partial charge in [-0.2, -0.15) is 0 Å². The van der Waals surface area contributed by atoms with Gasteiger partial charge in [0.25, 0.3) is 0 Å². The molecule has 3 heterocycles. The smallest absolute Gasteiger partial charge is 0.0630 e. The zero-order valence-corrected chi connectivity index (χ0v) is 7.12. The van der Waals surface area contributed by atoms with Crippen LogP contribution in [0, 0.1) is 0 Å². The van der Waals surface area contributed by atoms with E-state index >= 15 is 0 Å². The molecule has 3 nitrogen and oxygen atoms in total. The highest BCUT2D eigenvalue weighted by Gasteiger charge is 2.31. The van der Waals surface area contributed by atoms with Crippen LogP contribution in [0.4, 0.5) is 0 Å². The van der Waals surface area contributed by atoms with Crippen molar-refractivity contribution in [2.24, 2.45) is 0 Å².